The number of methoxy groups -OCH3 is 1. The predicted molar refractivity (Wildman–Crippen MR) is 108 cm³/mol. The van der Waals surface area contributed by atoms with Crippen molar-refractivity contribution in [3.05, 3.63) is 0 Å². The van der Waals surface area contributed by atoms with Crippen LogP contribution in [0.2, 0.25) is 0 Å². The summed E-state index contributed by atoms with van der Waals surface area (Å²) in [6, 6.07) is 0. The summed E-state index contributed by atoms with van der Waals surface area (Å²) >= 11 is 0. The van der Waals surface area contributed by atoms with E-state index in [-0.39, 0.29) is 25.2 Å². The van der Waals surface area contributed by atoms with Crippen LogP contribution in [0.5, 0.6) is 0 Å². The molecule has 0 amide bonds. The molecule has 0 aliphatic heterocycles. The van der Waals surface area contributed by atoms with Gasteiger partial charge < -0.3 is 9.47 Å². The zero-order valence-electron chi connectivity index (χ0n) is 18.0. The van der Waals surface area contributed by atoms with Crippen molar-refractivity contribution in [2.24, 2.45) is 11.3 Å². The van der Waals surface area contributed by atoms with Gasteiger partial charge in [0.05, 0.1) is 13.5 Å². The normalized spacial score (nSPS) is 16.1. The molecule has 0 fully saturated rings. The van der Waals surface area contributed by atoms with E-state index < -0.39 is 32.9 Å². The molecule has 166 valence electrons. The maximum atomic E-state index is 12.5. The van der Waals surface area contributed by atoms with Crippen LogP contribution in [-0.4, -0.2) is 37.5 Å². The van der Waals surface area contributed by atoms with E-state index in [1.54, 1.807) is 6.92 Å². The lowest BCUT2D eigenvalue weighted by molar-refractivity contribution is -0.157. The minimum atomic E-state index is -4.72. The maximum Gasteiger partial charge on any atom is 0.307 e. The third-order valence-electron chi connectivity index (χ3n) is 5.46. The second-order valence-electron chi connectivity index (χ2n) is 7.53. The topological polar surface area (TPSA) is 107 Å². The van der Waals surface area contributed by atoms with E-state index in [1.165, 1.54) is 7.11 Å². The lowest BCUT2D eigenvalue weighted by Crippen LogP contribution is -2.45. The second-order valence-corrected chi connectivity index (χ2v) is 8.99. The van der Waals surface area contributed by atoms with E-state index in [0.717, 1.165) is 32.1 Å². The van der Waals surface area contributed by atoms with Gasteiger partial charge in [-0.3, -0.25) is 14.1 Å². The highest BCUT2D eigenvalue weighted by Crippen LogP contribution is 2.41. The maximum absolute atomic E-state index is 12.5. The third-order valence-corrected chi connectivity index (χ3v) is 6.60. The van der Waals surface area contributed by atoms with Crippen molar-refractivity contribution in [1.29, 1.82) is 0 Å². The average molecular weight is 423 g/mol. The number of hydrogen-bond acceptors (Lipinski definition) is 6. The number of esters is 2. The fourth-order valence-corrected chi connectivity index (χ4v) is 4.72. The highest BCUT2D eigenvalue weighted by Gasteiger charge is 2.48. The van der Waals surface area contributed by atoms with Crippen LogP contribution in [0, 0.1) is 11.3 Å². The van der Waals surface area contributed by atoms with E-state index in [2.05, 4.69) is 6.92 Å². The monoisotopic (exact) mass is 422 g/mol. The zero-order chi connectivity index (χ0) is 21.8. The van der Waals surface area contributed by atoms with Crippen LogP contribution >= 0.6 is 0 Å². The Bertz CT molecular complexity index is 573. The molecule has 0 spiro atoms. The van der Waals surface area contributed by atoms with Gasteiger partial charge in [-0.2, -0.15) is 8.42 Å². The predicted octanol–water partition coefficient (Wildman–Crippen LogP) is 4.50. The molecule has 0 heterocycles. The fraction of sp³-hybridized carbons (Fsp3) is 0.900. The Morgan fingerprint density at radius 2 is 1.64 bits per heavy atom. The van der Waals surface area contributed by atoms with Crippen LogP contribution in [0.25, 0.3) is 0 Å². The summed E-state index contributed by atoms with van der Waals surface area (Å²) in [7, 11) is -3.51. The molecule has 8 heteroatoms. The van der Waals surface area contributed by atoms with E-state index in [1.807, 2.05) is 13.8 Å². The van der Waals surface area contributed by atoms with Crippen molar-refractivity contribution < 1.29 is 32.0 Å². The molecule has 28 heavy (non-hydrogen) atoms. The van der Waals surface area contributed by atoms with Crippen molar-refractivity contribution in [3.63, 3.8) is 0 Å². The van der Waals surface area contributed by atoms with Crippen molar-refractivity contribution in [2.45, 2.75) is 97.3 Å². The summed E-state index contributed by atoms with van der Waals surface area (Å²) in [5, 5.41) is 0. The minimum absolute atomic E-state index is 0.0916. The van der Waals surface area contributed by atoms with Gasteiger partial charge in [0, 0.05) is 11.8 Å². The lowest BCUT2D eigenvalue weighted by atomic mass is 9.77. The Balaban J connectivity index is 5.68. The molecule has 0 aliphatic carbocycles. The first-order chi connectivity index (χ1) is 13.1. The van der Waals surface area contributed by atoms with Gasteiger partial charge in [-0.15, -0.1) is 0 Å². The van der Waals surface area contributed by atoms with Crippen LogP contribution in [0.3, 0.4) is 0 Å². The molecular weight excluding hydrogens is 384 g/mol. The number of rotatable bonds is 15. The van der Waals surface area contributed by atoms with Gasteiger partial charge in [-0.25, -0.2) is 0 Å². The van der Waals surface area contributed by atoms with Crippen molar-refractivity contribution in [3.8, 4) is 0 Å². The largest absolute Gasteiger partial charge is 0.469 e. The first-order valence-corrected chi connectivity index (χ1v) is 11.8. The van der Waals surface area contributed by atoms with Crippen LogP contribution in [0.1, 0.15) is 91.9 Å². The molecular formula is C20H38O7S. The van der Waals surface area contributed by atoms with Crippen LogP contribution in [0.15, 0.2) is 0 Å². The Morgan fingerprint density at radius 1 is 1.04 bits per heavy atom. The molecule has 0 saturated carbocycles. The van der Waals surface area contributed by atoms with Gasteiger partial charge in [-0.1, -0.05) is 59.8 Å². The number of hydrogen-bond donors (Lipinski definition) is 1. The quantitative estimate of drug-likeness (QED) is 0.306. The smallest absolute Gasteiger partial charge is 0.307 e. The summed E-state index contributed by atoms with van der Waals surface area (Å²) in [6.45, 7) is 7.70. The summed E-state index contributed by atoms with van der Waals surface area (Å²) in [4.78, 5) is 24.5. The Labute approximate surface area is 170 Å². The van der Waals surface area contributed by atoms with E-state index in [9.17, 15) is 22.6 Å². The second kappa shape index (κ2) is 13.1. The summed E-state index contributed by atoms with van der Waals surface area (Å²) < 4.78 is 44.2. The molecule has 0 rings (SSSR count). The van der Waals surface area contributed by atoms with Crippen LogP contribution < -0.4 is 0 Å². The third kappa shape index (κ3) is 8.90. The minimum Gasteiger partial charge on any atom is -0.469 e. The van der Waals surface area contributed by atoms with Gasteiger partial charge >= 0.3 is 22.1 Å². The Kier molecular flexibility index (Phi) is 12.6. The number of ether oxygens (including phenoxy) is 2. The summed E-state index contributed by atoms with van der Waals surface area (Å²) in [5.74, 6) is -1.16. The van der Waals surface area contributed by atoms with Crippen LogP contribution in [0.4, 0.5) is 0 Å². The fourth-order valence-electron chi connectivity index (χ4n) is 3.49. The highest BCUT2D eigenvalue weighted by molar-refractivity contribution is 7.86. The molecule has 0 saturated heterocycles. The zero-order valence-corrected chi connectivity index (χ0v) is 18.8. The number of carbonyl (C=O) groups is 2. The van der Waals surface area contributed by atoms with Gasteiger partial charge in [0.25, 0.3) is 0 Å². The summed E-state index contributed by atoms with van der Waals surface area (Å²) in [5.41, 5.74) is -3.01. The van der Waals surface area contributed by atoms with Crippen molar-refractivity contribution in [1.82, 2.24) is 0 Å². The molecule has 0 bridgehead atoms. The summed E-state index contributed by atoms with van der Waals surface area (Å²) in [6.07, 6.45) is 5.43. The molecule has 0 aromatic heterocycles. The SMILES string of the molecule is CCCCC(CC)CC(=O)OC(C(CC)(CCCC)CC(=O)OC)S(=O)(=O)O. The molecule has 1 N–H and O–H groups in total. The first-order valence-electron chi connectivity index (χ1n) is 10.3. The Hall–Kier alpha value is -1.15. The van der Waals surface area contributed by atoms with Gasteiger partial charge in [0.1, 0.15) is 0 Å². The Morgan fingerprint density at radius 3 is 2.07 bits per heavy atom. The number of carbonyl (C=O) groups excluding carboxylic acids is 2. The molecule has 0 aromatic carbocycles. The molecule has 0 aromatic rings. The number of unbranched alkanes of at least 4 members (excludes halogenated alkanes) is 2. The van der Waals surface area contributed by atoms with Gasteiger partial charge in [0.15, 0.2) is 0 Å². The molecule has 0 radical (unpaired) electrons. The van der Waals surface area contributed by atoms with Gasteiger partial charge in [0.2, 0.25) is 5.44 Å². The molecule has 3 atom stereocenters. The first kappa shape index (κ1) is 26.9. The van der Waals surface area contributed by atoms with E-state index >= 15 is 0 Å². The van der Waals surface area contributed by atoms with Crippen LogP contribution in [-0.2, 0) is 29.2 Å². The van der Waals surface area contributed by atoms with Crippen molar-refractivity contribution in [2.75, 3.05) is 7.11 Å². The van der Waals surface area contributed by atoms with E-state index in [4.69, 9.17) is 9.47 Å². The lowest BCUT2D eigenvalue weighted by Gasteiger charge is -2.37. The molecule has 0 aliphatic rings. The van der Waals surface area contributed by atoms with Gasteiger partial charge in [-0.05, 0) is 25.2 Å². The molecule has 7 nitrogen and oxygen atoms in total. The van der Waals surface area contributed by atoms with Crippen molar-refractivity contribution >= 4 is 22.1 Å². The standard InChI is InChI=1S/C20H38O7S/c1-6-10-12-16(8-3)14-17(21)27-19(28(23,24)25)20(9-4,13-11-7-2)15-18(22)26-5/h16,19H,6-15H2,1-5H3,(H,23,24,25). The average Bonchev–Trinajstić information content (AvgIpc) is 2.65. The van der Waals surface area contributed by atoms with E-state index in [0.29, 0.717) is 12.8 Å². The highest BCUT2D eigenvalue weighted by atomic mass is 32.2. The molecule has 3 unspecified atom stereocenters.